The predicted octanol–water partition coefficient (Wildman–Crippen LogP) is 3.91. The zero-order chi connectivity index (χ0) is 14.5. The molecule has 0 fully saturated rings. The third-order valence-electron chi connectivity index (χ3n) is 3.43. The van der Waals surface area contributed by atoms with E-state index in [-0.39, 0.29) is 12.0 Å². The van der Waals surface area contributed by atoms with Crippen LogP contribution < -0.4 is 5.32 Å². The van der Waals surface area contributed by atoms with E-state index in [1.54, 1.807) is 0 Å². The van der Waals surface area contributed by atoms with Crippen molar-refractivity contribution in [1.82, 2.24) is 5.32 Å². The maximum Gasteiger partial charge on any atom is 0.307 e. The van der Waals surface area contributed by atoms with Crippen LogP contribution in [0.5, 0.6) is 0 Å². The molecule has 0 aliphatic heterocycles. The molecule has 0 aliphatic rings. The van der Waals surface area contributed by atoms with Crippen molar-refractivity contribution in [2.75, 3.05) is 13.2 Å². The summed E-state index contributed by atoms with van der Waals surface area (Å²) in [5.74, 6) is 0.376. The van der Waals surface area contributed by atoms with Gasteiger partial charge < -0.3 is 10.1 Å². The van der Waals surface area contributed by atoms with Crippen molar-refractivity contribution in [3.8, 4) is 0 Å². The van der Waals surface area contributed by atoms with E-state index in [1.807, 2.05) is 6.92 Å². The lowest BCUT2D eigenvalue weighted by atomic mass is 10.0. The van der Waals surface area contributed by atoms with Crippen LogP contribution in [-0.2, 0) is 9.53 Å². The van der Waals surface area contributed by atoms with Crippen LogP contribution in [0.1, 0.15) is 72.6 Å². The Morgan fingerprint density at radius 3 is 2.26 bits per heavy atom. The molecule has 0 bridgehead atoms. The molecule has 0 saturated heterocycles. The second kappa shape index (κ2) is 12.5. The third-order valence-corrected chi connectivity index (χ3v) is 3.43. The van der Waals surface area contributed by atoms with Gasteiger partial charge in [-0.3, -0.25) is 4.79 Å². The zero-order valence-corrected chi connectivity index (χ0v) is 13.3. The molecule has 0 aliphatic carbocycles. The molecule has 0 aromatic rings. The summed E-state index contributed by atoms with van der Waals surface area (Å²) < 4.78 is 5.02. The molecule has 3 heteroatoms. The van der Waals surface area contributed by atoms with Crippen molar-refractivity contribution in [1.29, 1.82) is 0 Å². The van der Waals surface area contributed by atoms with Gasteiger partial charge in [0.1, 0.15) is 0 Å². The Balaban J connectivity index is 3.68. The number of nitrogens with one attached hydrogen (secondary N) is 1. The minimum absolute atomic E-state index is 0.0864. The summed E-state index contributed by atoms with van der Waals surface area (Å²) in [5.41, 5.74) is 0. The highest BCUT2D eigenvalue weighted by Gasteiger charge is 2.17. The van der Waals surface area contributed by atoms with Crippen LogP contribution in [0, 0.1) is 5.92 Å². The maximum atomic E-state index is 11.5. The van der Waals surface area contributed by atoms with Gasteiger partial charge in [-0.25, -0.2) is 0 Å². The largest absolute Gasteiger partial charge is 0.466 e. The summed E-state index contributed by atoms with van der Waals surface area (Å²) in [4.78, 5) is 11.5. The van der Waals surface area contributed by atoms with Crippen molar-refractivity contribution < 1.29 is 9.53 Å². The molecule has 1 unspecified atom stereocenters. The summed E-state index contributed by atoms with van der Waals surface area (Å²) in [6.07, 6.45) is 8.32. The highest BCUT2D eigenvalue weighted by Crippen LogP contribution is 2.09. The summed E-state index contributed by atoms with van der Waals surface area (Å²) in [6.45, 7) is 9.88. The fourth-order valence-corrected chi connectivity index (χ4v) is 2.14. The lowest BCUT2D eigenvalue weighted by Crippen LogP contribution is -2.37. The fourth-order valence-electron chi connectivity index (χ4n) is 2.14. The number of hydrogen-bond donors (Lipinski definition) is 1. The molecule has 0 radical (unpaired) electrons. The highest BCUT2D eigenvalue weighted by atomic mass is 16.5. The van der Waals surface area contributed by atoms with Gasteiger partial charge in [-0.15, -0.1) is 0 Å². The first-order valence-electron chi connectivity index (χ1n) is 8.00. The first-order chi connectivity index (χ1) is 9.11. The van der Waals surface area contributed by atoms with Gasteiger partial charge >= 0.3 is 5.97 Å². The molecule has 0 amide bonds. The van der Waals surface area contributed by atoms with Gasteiger partial charge in [-0.2, -0.15) is 0 Å². The van der Waals surface area contributed by atoms with Gasteiger partial charge in [0.15, 0.2) is 0 Å². The van der Waals surface area contributed by atoms with Crippen LogP contribution in [0.3, 0.4) is 0 Å². The number of rotatable bonds is 12. The molecule has 0 spiro atoms. The molecule has 3 nitrogen and oxygen atoms in total. The topological polar surface area (TPSA) is 38.3 Å². The number of unbranched alkanes of at least 4 members (excludes halogenated alkanes) is 5. The van der Waals surface area contributed by atoms with Gasteiger partial charge in [0, 0.05) is 6.04 Å². The molecule has 114 valence electrons. The van der Waals surface area contributed by atoms with Gasteiger partial charge in [-0.1, -0.05) is 52.9 Å². The molecule has 1 atom stereocenters. The van der Waals surface area contributed by atoms with E-state index >= 15 is 0 Å². The fraction of sp³-hybridized carbons (Fsp3) is 0.938. The van der Waals surface area contributed by atoms with Gasteiger partial charge in [0.2, 0.25) is 0 Å². The molecular formula is C16H33NO2. The number of ether oxygens (including phenoxy) is 1. The lowest BCUT2D eigenvalue weighted by molar-refractivity contribution is -0.144. The third kappa shape index (κ3) is 11.0. The van der Waals surface area contributed by atoms with Crippen molar-refractivity contribution in [3.05, 3.63) is 0 Å². The van der Waals surface area contributed by atoms with Gasteiger partial charge in [-0.05, 0) is 25.8 Å². The Labute approximate surface area is 119 Å². The normalized spacial score (nSPS) is 12.7. The number of carbonyl (C=O) groups excluding carboxylic acids is 1. The van der Waals surface area contributed by atoms with Crippen molar-refractivity contribution in [2.45, 2.75) is 78.7 Å². The molecule has 0 saturated carbocycles. The van der Waals surface area contributed by atoms with E-state index < -0.39 is 0 Å². The van der Waals surface area contributed by atoms with E-state index in [4.69, 9.17) is 4.74 Å². The average molecular weight is 271 g/mol. The van der Waals surface area contributed by atoms with E-state index in [0.717, 1.165) is 6.54 Å². The van der Waals surface area contributed by atoms with Crippen LogP contribution in [-0.4, -0.2) is 25.2 Å². The highest BCUT2D eigenvalue weighted by molar-refractivity contribution is 5.70. The zero-order valence-electron chi connectivity index (χ0n) is 13.3. The molecule has 0 heterocycles. The average Bonchev–Trinajstić information content (AvgIpc) is 2.36. The lowest BCUT2D eigenvalue weighted by Gasteiger charge is -2.21. The molecule has 0 rings (SSSR count). The minimum atomic E-state index is -0.0864. The van der Waals surface area contributed by atoms with Gasteiger partial charge in [0.25, 0.3) is 0 Å². The summed E-state index contributed by atoms with van der Waals surface area (Å²) >= 11 is 0. The molecular weight excluding hydrogens is 238 g/mol. The number of esters is 1. The van der Waals surface area contributed by atoms with Crippen LogP contribution in [0.2, 0.25) is 0 Å². The van der Waals surface area contributed by atoms with Crippen LogP contribution in [0.15, 0.2) is 0 Å². The Kier molecular flexibility index (Phi) is 12.1. The Morgan fingerprint density at radius 2 is 1.68 bits per heavy atom. The molecule has 0 aromatic heterocycles. The first-order valence-corrected chi connectivity index (χ1v) is 8.00. The smallest absolute Gasteiger partial charge is 0.307 e. The SMILES string of the molecule is CCCCCCCCNC(CC(=O)OCC)C(C)C. The Bertz CT molecular complexity index is 217. The molecule has 19 heavy (non-hydrogen) atoms. The Hall–Kier alpha value is -0.570. The standard InChI is InChI=1S/C16H33NO2/c1-5-7-8-9-10-11-12-17-15(14(3)4)13-16(18)19-6-2/h14-15,17H,5-13H2,1-4H3. The van der Waals surface area contributed by atoms with Crippen molar-refractivity contribution in [2.24, 2.45) is 5.92 Å². The predicted molar refractivity (Wildman–Crippen MR) is 81.3 cm³/mol. The van der Waals surface area contributed by atoms with Crippen LogP contribution >= 0.6 is 0 Å². The van der Waals surface area contributed by atoms with E-state index in [1.165, 1.54) is 38.5 Å². The minimum Gasteiger partial charge on any atom is -0.466 e. The maximum absolute atomic E-state index is 11.5. The summed E-state index contributed by atoms with van der Waals surface area (Å²) in [7, 11) is 0. The van der Waals surface area contributed by atoms with E-state index in [2.05, 4.69) is 26.1 Å². The summed E-state index contributed by atoms with van der Waals surface area (Å²) in [6, 6.07) is 0.245. The second-order valence-electron chi connectivity index (χ2n) is 5.58. The van der Waals surface area contributed by atoms with Crippen molar-refractivity contribution >= 4 is 5.97 Å². The number of hydrogen-bond acceptors (Lipinski definition) is 3. The monoisotopic (exact) mass is 271 g/mol. The molecule has 1 N–H and O–H groups in total. The van der Waals surface area contributed by atoms with E-state index in [0.29, 0.717) is 18.9 Å². The second-order valence-corrected chi connectivity index (χ2v) is 5.58. The Morgan fingerprint density at radius 1 is 1.05 bits per heavy atom. The van der Waals surface area contributed by atoms with Gasteiger partial charge in [0.05, 0.1) is 13.0 Å². The van der Waals surface area contributed by atoms with E-state index in [9.17, 15) is 4.79 Å². The van der Waals surface area contributed by atoms with Crippen LogP contribution in [0.4, 0.5) is 0 Å². The molecule has 0 aromatic carbocycles. The number of carbonyl (C=O) groups is 1. The van der Waals surface area contributed by atoms with Crippen LogP contribution in [0.25, 0.3) is 0 Å². The first kappa shape index (κ1) is 18.4. The quantitative estimate of drug-likeness (QED) is 0.432. The summed E-state index contributed by atoms with van der Waals surface area (Å²) in [5, 5.41) is 3.50. The van der Waals surface area contributed by atoms with Crippen molar-refractivity contribution in [3.63, 3.8) is 0 Å².